The Balaban J connectivity index is 1.80. The molecule has 18 heteroatoms. The van der Waals surface area contributed by atoms with E-state index in [1.165, 1.54) is 0 Å². The maximum Gasteiger partial charge on any atom is 0.442 e. The fourth-order valence-corrected chi connectivity index (χ4v) is 5.90. The second-order valence-corrected chi connectivity index (χ2v) is 9.62. The molecular weight excluding hydrogens is 501 g/mol. The lowest BCUT2D eigenvalue weighted by atomic mass is 10.0. The van der Waals surface area contributed by atoms with Gasteiger partial charge in [0, 0.05) is 11.0 Å². The summed E-state index contributed by atoms with van der Waals surface area (Å²) in [7, 11) is 0. The van der Waals surface area contributed by atoms with Crippen LogP contribution < -0.4 is 5.32 Å². The maximum atomic E-state index is 12.6. The summed E-state index contributed by atoms with van der Waals surface area (Å²) >= 11 is 1.38. The van der Waals surface area contributed by atoms with Gasteiger partial charge in [0.15, 0.2) is 0 Å². The Morgan fingerprint density at radius 1 is 1.34 bits per heavy atom. The van der Waals surface area contributed by atoms with Gasteiger partial charge < -0.3 is 15.5 Å². The number of alkyl halides is 3. The van der Waals surface area contributed by atoms with Crippen LogP contribution >= 0.6 is 35.3 Å². The number of fused-ring (bicyclic) bond motifs is 1. The van der Waals surface area contributed by atoms with E-state index in [2.05, 4.69) is 25.9 Å². The number of carbonyl (C=O) groups is 4. The fraction of sp³-hybridized carbons (Fsp3) is 0.500. The Kier molecular flexibility index (Phi) is 7.23. The average molecular weight is 514 g/mol. The van der Waals surface area contributed by atoms with E-state index >= 15 is 0 Å². The van der Waals surface area contributed by atoms with Gasteiger partial charge in [0.2, 0.25) is 11.1 Å². The molecule has 3 heterocycles. The summed E-state index contributed by atoms with van der Waals surface area (Å²) in [5, 5.41) is 32.3. The zero-order valence-corrected chi connectivity index (χ0v) is 18.0. The van der Waals surface area contributed by atoms with Crippen LogP contribution in [0.1, 0.15) is 6.42 Å². The van der Waals surface area contributed by atoms with Crippen LogP contribution in [-0.2, 0) is 19.2 Å². The van der Waals surface area contributed by atoms with Crippen molar-refractivity contribution in [3.8, 4) is 0 Å². The predicted molar refractivity (Wildman–Crippen MR) is 104 cm³/mol. The minimum atomic E-state index is -4.61. The number of hydrogen-bond donors (Lipinski definition) is 4. The summed E-state index contributed by atoms with van der Waals surface area (Å²) in [4.78, 5) is 48.5. The van der Waals surface area contributed by atoms with Crippen molar-refractivity contribution in [2.45, 2.75) is 33.8 Å². The molecule has 0 bridgehead atoms. The molecule has 2 unspecified atom stereocenters. The summed E-state index contributed by atoms with van der Waals surface area (Å²) in [6.45, 7) is 0. The minimum Gasteiger partial charge on any atom is -0.481 e. The molecule has 1 aromatic heterocycles. The van der Waals surface area contributed by atoms with Gasteiger partial charge in [0.05, 0.1) is 12.2 Å². The Hall–Kier alpha value is -2.47. The van der Waals surface area contributed by atoms with Gasteiger partial charge in [0.25, 0.3) is 5.91 Å². The molecule has 2 amide bonds. The van der Waals surface area contributed by atoms with Gasteiger partial charge in [-0.1, -0.05) is 11.8 Å². The van der Waals surface area contributed by atoms with Crippen molar-refractivity contribution in [3.63, 3.8) is 0 Å². The highest BCUT2D eigenvalue weighted by atomic mass is 32.2. The Morgan fingerprint density at radius 3 is 2.62 bits per heavy atom. The zero-order valence-electron chi connectivity index (χ0n) is 15.5. The molecule has 3 atom stereocenters. The standard InChI is InChI=1S/C14H13F3N6O6S3/c15-14(16,17)31-3-6(24)18-8-10(27)23-9(12(28)29)4(2-30-11(8)23)5(1-7(25)26)32-13-19-21-22-20-13/h5,8,11H,1-3H2,(H,18,24)(H,25,26)(H,28,29)(H,19,20,21,22)/t5?,8?,11-/m0/s1. The molecule has 0 spiro atoms. The second kappa shape index (κ2) is 9.57. The van der Waals surface area contributed by atoms with Crippen LogP contribution in [0.4, 0.5) is 13.2 Å². The first-order valence-electron chi connectivity index (χ1n) is 8.51. The van der Waals surface area contributed by atoms with Crippen molar-refractivity contribution in [2.75, 3.05) is 11.5 Å². The third kappa shape index (κ3) is 5.47. The van der Waals surface area contributed by atoms with E-state index in [0.717, 1.165) is 28.4 Å². The number of carboxylic acid groups (broad SMARTS) is 2. The van der Waals surface area contributed by atoms with E-state index in [1.807, 2.05) is 0 Å². The van der Waals surface area contributed by atoms with Crippen molar-refractivity contribution >= 4 is 59.0 Å². The first-order chi connectivity index (χ1) is 15.0. The number of nitrogens with one attached hydrogen (secondary N) is 2. The number of aromatic amines is 1. The number of tetrazole rings is 1. The lowest BCUT2D eigenvalue weighted by molar-refractivity contribution is -0.150. The quantitative estimate of drug-likeness (QED) is 0.259. The van der Waals surface area contributed by atoms with Gasteiger partial charge >= 0.3 is 17.4 Å². The Bertz CT molecular complexity index is 959. The van der Waals surface area contributed by atoms with Gasteiger partial charge in [-0.15, -0.1) is 16.9 Å². The molecule has 1 saturated heterocycles. The maximum absolute atomic E-state index is 12.6. The summed E-state index contributed by atoms with van der Waals surface area (Å²) in [5.41, 5.74) is -4.90. The summed E-state index contributed by atoms with van der Waals surface area (Å²) in [6, 6.07) is -1.19. The molecule has 2 aliphatic heterocycles. The summed E-state index contributed by atoms with van der Waals surface area (Å²) < 4.78 is 36.8. The SMILES string of the molecule is O=C(O)CC(Sc1nnn[nH]1)C1=C(C(=O)O)N2C(=O)C(NC(=O)CSC(F)(F)F)[C@@H]2SC1. The van der Waals surface area contributed by atoms with Crippen LogP contribution in [0.25, 0.3) is 0 Å². The van der Waals surface area contributed by atoms with Gasteiger partial charge in [-0.3, -0.25) is 19.3 Å². The first kappa shape index (κ1) is 24.2. The van der Waals surface area contributed by atoms with E-state index in [1.54, 1.807) is 0 Å². The van der Waals surface area contributed by atoms with Crippen LogP contribution in [0.2, 0.25) is 0 Å². The largest absolute Gasteiger partial charge is 0.481 e. The second-order valence-electron chi connectivity index (χ2n) is 6.28. The number of amides is 2. The van der Waals surface area contributed by atoms with E-state index in [9.17, 15) is 42.6 Å². The van der Waals surface area contributed by atoms with Crippen molar-refractivity contribution < 1.29 is 42.6 Å². The highest BCUT2D eigenvalue weighted by molar-refractivity contribution is 8.01. The van der Waals surface area contributed by atoms with Crippen molar-refractivity contribution in [2.24, 2.45) is 0 Å². The molecule has 0 aliphatic carbocycles. The number of thioether (sulfide) groups is 3. The molecule has 0 saturated carbocycles. The van der Waals surface area contributed by atoms with Gasteiger partial charge in [-0.25, -0.2) is 9.89 Å². The number of β-lactam (4-membered cyclic amide) rings is 1. The number of H-pyrrole nitrogens is 1. The number of hydrogen-bond acceptors (Lipinski definition) is 10. The van der Waals surface area contributed by atoms with Crippen molar-refractivity contribution in [1.29, 1.82) is 0 Å². The van der Waals surface area contributed by atoms with Crippen molar-refractivity contribution in [3.05, 3.63) is 11.3 Å². The Morgan fingerprint density at radius 2 is 2.06 bits per heavy atom. The molecular formula is C14H13F3N6O6S3. The molecule has 0 radical (unpaired) electrons. The molecule has 1 aromatic rings. The predicted octanol–water partition coefficient (Wildman–Crippen LogP) is 0.127. The van der Waals surface area contributed by atoms with Crippen LogP contribution in [0.5, 0.6) is 0 Å². The molecule has 4 N–H and O–H groups in total. The van der Waals surface area contributed by atoms with E-state index in [4.69, 9.17) is 0 Å². The zero-order chi connectivity index (χ0) is 23.6. The summed E-state index contributed by atoms with van der Waals surface area (Å²) in [6.07, 6.45) is -0.487. The molecule has 1 fully saturated rings. The molecule has 32 heavy (non-hydrogen) atoms. The molecule has 2 aliphatic rings. The van der Waals surface area contributed by atoms with E-state index in [0.29, 0.717) is 0 Å². The highest BCUT2D eigenvalue weighted by Gasteiger charge is 2.55. The van der Waals surface area contributed by atoms with Gasteiger partial charge in [-0.2, -0.15) is 13.2 Å². The van der Waals surface area contributed by atoms with E-state index in [-0.39, 0.29) is 16.5 Å². The smallest absolute Gasteiger partial charge is 0.442 e. The third-order valence-corrected chi connectivity index (χ3v) is 7.38. The van der Waals surface area contributed by atoms with Crippen LogP contribution in [0.15, 0.2) is 16.4 Å². The topological polar surface area (TPSA) is 178 Å². The van der Waals surface area contributed by atoms with Crippen LogP contribution in [0.3, 0.4) is 0 Å². The number of nitrogens with zero attached hydrogens (tertiary/aromatic N) is 4. The molecule has 12 nitrogen and oxygen atoms in total. The number of aliphatic carboxylic acids is 2. The minimum absolute atomic E-state index is 0.00621. The summed E-state index contributed by atoms with van der Waals surface area (Å²) in [5.74, 6) is -5.48. The fourth-order valence-electron chi connectivity index (χ4n) is 2.98. The monoisotopic (exact) mass is 514 g/mol. The average Bonchev–Trinajstić information content (AvgIpc) is 3.20. The number of carbonyl (C=O) groups excluding carboxylic acids is 2. The normalized spacial score (nSPS) is 21.6. The number of carboxylic acids is 2. The number of halogens is 3. The molecule has 174 valence electrons. The molecule has 0 aromatic carbocycles. The lowest BCUT2D eigenvalue weighted by Gasteiger charge is -2.50. The number of aromatic nitrogens is 4. The van der Waals surface area contributed by atoms with Gasteiger partial charge in [0.1, 0.15) is 17.1 Å². The van der Waals surface area contributed by atoms with Gasteiger partial charge in [-0.05, 0) is 27.8 Å². The third-order valence-electron chi connectivity index (χ3n) is 4.21. The van der Waals surface area contributed by atoms with Crippen molar-refractivity contribution in [1.82, 2.24) is 30.8 Å². The van der Waals surface area contributed by atoms with Crippen LogP contribution in [-0.4, -0.2) is 93.2 Å². The Labute approximate surface area is 189 Å². The van der Waals surface area contributed by atoms with Crippen LogP contribution in [0, 0.1) is 0 Å². The lowest BCUT2D eigenvalue weighted by Crippen LogP contribution is -2.71. The number of rotatable bonds is 9. The molecule has 3 rings (SSSR count). The first-order valence-corrected chi connectivity index (χ1v) is 11.4. The van der Waals surface area contributed by atoms with E-state index < -0.39 is 75.6 Å². The highest BCUT2D eigenvalue weighted by Crippen LogP contribution is 2.44.